The lowest BCUT2D eigenvalue weighted by Crippen LogP contribution is -2.46. The number of hydrogen-bond donors (Lipinski definition) is 1. The van der Waals surface area contributed by atoms with Gasteiger partial charge in [0.25, 0.3) is 0 Å². The minimum absolute atomic E-state index is 0.0302. The lowest BCUT2D eigenvalue weighted by Gasteiger charge is -2.36. The summed E-state index contributed by atoms with van der Waals surface area (Å²) in [5.41, 5.74) is 2.40. The first kappa shape index (κ1) is 21.3. The van der Waals surface area contributed by atoms with Gasteiger partial charge in [-0.2, -0.15) is 0 Å². The number of carbonyl (C=O) groups excluding carboxylic acids is 1. The average Bonchev–Trinajstić information content (AvgIpc) is 2.79. The van der Waals surface area contributed by atoms with Crippen molar-refractivity contribution in [1.29, 1.82) is 0 Å². The summed E-state index contributed by atoms with van der Waals surface area (Å²) in [6, 6.07) is 20.6. The fraction of sp³-hybridized carbons (Fsp3) is 0.458. The van der Waals surface area contributed by atoms with Crippen molar-refractivity contribution in [2.45, 2.75) is 32.5 Å². The second-order valence-electron chi connectivity index (χ2n) is 7.60. The SMILES string of the molecule is CC(OCc1ccccc1)C(=O)NCCCCN1CCN(c2ccccc2)CC1. The smallest absolute Gasteiger partial charge is 0.248 e. The van der Waals surface area contributed by atoms with Crippen LogP contribution in [0.5, 0.6) is 0 Å². The predicted molar refractivity (Wildman–Crippen MR) is 118 cm³/mol. The molecule has 1 aliphatic rings. The lowest BCUT2D eigenvalue weighted by molar-refractivity contribution is -0.132. The molecule has 1 heterocycles. The van der Waals surface area contributed by atoms with Crippen molar-refractivity contribution >= 4 is 11.6 Å². The number of anilines is 1. The zero-order chi connectivity index (χ0) is 20.3. The molecule has 0 aliphatic carbocycles. The number of carbonyl (C=O) groups is 1. The van der Waals surface area contributed by atoms with Crippen molar-refractivity contribution in [3.8, 4) is 0 Å². The van der Waals surface area contributed by atoms with Crippen molar-refractivity contribution in [3.05, 3.63) is 66.2 Å². The van der Waals surface area contributed by atoms with Gasteiger partial charge in [0.15, 0.2) is 0 Å². The van der Waals surface area contributed by atoms with Crippen LogP contribution in [-0.4, -0.2) is 56.2 Å². The van der Waals surface area contributed by atoms with Crippen LogP contribution < -0.4 is 10.2 Å². The fourth-order valence-electron chi connectivity index (χ4n) is 3.56. The fourth-order valence-corrected chi connectivity index (χ4v) is 3.56. The first-order chi connectivity index (χ1) is 14.2. The van der Waals surface area contributed by atoms with Crippen LogP contribution in [0.15, 0.2) is 60.7 Å². The van der Waals surface area contributed by atoms with Gasteiger partial charge in [-0.3, -0.25) is 9.69 Å². The quantitative estimate of drug-likeness (QED) is 0.627. The van der Waals surface area contributed by atoms with E-state index in [-0.39, 0.29) is 5.91 Å². The van der Waals surface area contributed by atoms with Crippen molar-refractivity contribution in [3.63, 3.8) is 0 Å². The molecule has 1 atom stereocenters. The molecule has 1 aliphatic heterocycles. The Bertz CT molecular complexity index is 715. The minimum atomic E-state index is -0.429. The zero-order valence-electron chi connectivity index (χ0n) is 17.4. The summed E-state index contributed by atoms with van der Waals surface area (Å²) in [5.74, 6) is -0.0302. The van der Waals surface area contributed by atoms with Gasteiger partial charge >= 0.3 is 0 Å². The van der Waals surface area contributed by atoms with Gasteiger partial charge < -0.3 is 15.0 Å². The summed E-state index contributed by atoms with van der Waals surface area (Å²) in [6.45, 7) is 8.44. The highest BCUT2D eigenvalue weighted by Crippen LogP contribution is 2.15. The Kier molecular flexibility index (Phi) is 8.53. The third kappa shape index (κ3) is 7.18. The Labute approximate surface area is 174 Å². The second-order valence-corrected chi connectivity index (χ2v) is 7.60. The number of benzene rings is 2. The molecular weight excluding hydrogens is 362 g/mol. The molecule has 2 aromatic carbocycles. The van der Waals surface area contributed by atoms with Crippen LogP contribution >= 0.6 is 0 Å². The molecule has 0 spiro atoms. The Morgan fingerprint density at radius 3 is 2.31 bits per heavy atom. The maximum Gasteiger partial charge on any atom is 0.248 e. The normalized spacial score (nSPS) is 15.8. The van der Waals surface area contributed by atoms with Gasteiger partial charge in [0.2, 0.25) is 5.91 Å². The summed E-state index contributed by atoms with van der Waals surface area (Å²) in [7, 11) is 0. The van der Waals surface area contributed by atoms with Crippen molar-refractivity contribution < 1.29 is 9.53 Å². The van der Waals surface area contributed by atoms with Gasteiger partial charge in [-0.15, -0.1) is 0 Å². The molecule has 1 fully saturated rings. The molecule has 29 heavy (non-hydrogen) atoms. The largest absolute Gasteiger partial charge is 0.369 e. The Balaban J connectivity index is 1.23. The van der Waals surface area contributed by atoms with Gasteiger partial charge in [0.1, 0.15) is 6.10 Å². The van der Waals surface area contributed by atoms with Gasteiger partial charge in [0, 0.05) is 38.4 Å². The Morgan fingerprint density at radius 1 is 0.966 bits per heavy atom. The molecule has 156 valence electrons. The molecule has 5 heteroatoms. The van der Waals surface area contributed by atoms with Gasteiger partial charge in [-0.25, -0.2) is 0 Å². The molecule has 1 amide bonds. The predicted octanol–water partition coefficient (Wildman–Crippen LogP) is 3.31. The maximum atomic E-state index is 12.1. The van der Waals surface area contributed by atoms with Crippen LogP contribution in [0.2, 0.25) is 0 Å². The summed E-state index contributed by atoms with van der Waals surface area (Å²) in [5, 5.41) is 2.99. The van der Waals surface area contributed by atoms with Crippen LogP contribution in [-0.2, 0) is 16.1 Å². The van der Waals surface area contributed by atoms with Crippen LogP contribution in [0.1, 0.15) is 25.3 Å². The Hall–Kier alpha value is -2.37. The van der Waals surface area contributed by atoms with Crippen molar-refractivity contribution in [2.75, 3.05) is 44.2 Å². The number of piperazine rings is 1. The number of nitrogens with one attached hydrogen (secondary N) is 1. The van der Waals surface area contributed by atoms with E-state index >= 15 is 0 Å². The lowest BCUT2D eigenvalue weighted by atomic mass is 10.2. The van der Waals surface area contributed by atoms with Crippen LogP contribution in [0.4, 0.5) is 5.69 Å². The van der Waals surface area contributed by atoms with Crippen molar-refractivity contribution in [1.82, 2.24) is 10.2 Å². The van der Waals surface area contributed by atoms with Crippen molar-refractivity contribution in [2.24, 2.45) is 0 Å². The topological polar surface area (TPSA) is 44.8 Å². The molecule has 0 bridgehead atoms. The van der Waals surface area contributed by atoms with E-state index in [1.54, 1.807) is 0 Å². The summed E-state index contributed by atoms with van der Waals surface area (Å²) < 4.78 is 5.66. The molecule has 1 N–H and O–H groups in total. The highest BCUT2D eigenvalue weighted by molar-refractivity contribution is 5.80. The zero-order valence-corrected chi connectivity index (χ0v) is 17.4. The molecule has 3 rings (SSSR count). The van der Waals surface area contributed by atoms with Gasteiger partial charge in [0.05, 0.1) is 6.61 Å². The third-order valence-electron chi connectivity index (χ3n) is 5.41. The van der Waals surface area contributed by atoms with E-state index in [1.807, 2.05) is 37.3 Å². The number of unbranched alkanes of at least 4 members (excludes halogenated alkanes) is 1. The van der Waals surface area contributed by atoms with E-state index in [4.69, 9.17) is 4.74 Å². The van der Waals surface area contributed by atoms with E-state index in [0.717, 1.165) is 51.1 Å². The van der Waals surface area contributed by atoms with Gasteiger partial charge in [-0.05, 0) is 44.0 Å². The van der Waals surface area contributed by atoms with E-state index in [0.29, 0.717) is 13.2 Å². The Morgan fingerprint density at radius 2 is 1.62 bits per heavy atom. The van der Waals surface area contributed by atoms with E-state index in [9.17, 15) is 4.79 Å². The average molecular weight is 396 g/mol. The molecule has 2 aromatic rings. The maximum absolute atomic E-state index is 12.1. The van der Waals surface area contributed by atoms with Crippen LogP contribution in [0.3, 0.4) is 0 Å². The molecule has 0 radical (unpaired) electrons. The standard InChI is InChI=1S/C24H33N3O2/c1-21(29-20-22-10-4-2-5-11-22)24(28)25-14-8-9-15-26-16-18-27(19-17-26)23-12-6-3-7-13-23/h2-7,10-13,21H,8-9,14-20H2,1H3,(H,25,28). The highest BCUT2D eigenvalue weighted by atomic mass is 16.5. The van der Waals surface area contributed by atoms with Crippen LogP contribution in [0.25, 0.3) is 0 Å². The summed E-state index contributed by atoms with van der Waals surface area (Å²) in [6.07, 6.45) is 1.67. The molecule has 5 nitrogen and oxygen atoms in total. The third-order valence-corrected chi connectivity index (χ3v) is 5.41. The van der Waals surface area contributed by atoms with Crippen LogP contribution in [0, 0.1) is 0 Å². The second kappa shape index (κ2) is 11.6. The molecule has 0 saturated carbocycles. The van der Waals surface area contributed by atoms with E-state index < -0.39 is 6.10 Å². The number of nitrogens with zero attached hydrogens (tertiary/aromatic N) is 2. The molecular formula is C24H33N3O2. The highest BCUT2D eigenvalue weighted by Gasteiger charge is 2.17. The minimum Gasteiger partial charge on any atom is -0.369 e. The first-order valence-electron chi connectivity index (χ1n) is 10.7. The number of ether oxygens (including phenoxy) is 1. The molecule has 0 aromatic heterocycles. The van der Waals surface area contributed by atoms with E-state index in [2.05, 4.69) is 45.4 Å². The molecule has 1 unspecified atom stereocenters. The van der Waals surface area contributed by atoms with E-state index in [1.165, 1.54) is 5.69 Å². The monoisotopic (exact) mass is 395 g/mol. The summed E-state index contributed by atoms with van der Waals surface area (Å²) in [4.78, 5) is 17.1. The summed E-state index contributed by atoms with van der Waals surface area (Å²) >= 11 is 0. The number of rotatable bonds is 10. The number of hydrogen-bond acceptors (Lipinski definition) is 4. The first-order valence-corrected chi connectivity index (χ1v) is 10.7. The molecule has 1 saturated heterocycles. The number of para-hydroxylation sites is 1. The number of amides is 1. The van der Waals surface area contributed by atoms with Gasteiger partial charge in [-0.1, -0.05) is 48.5 Å².